The van der Waals surface area contributed by atoms with Crippen molar-refractivity contribution in [2.75, 3.05) is 6.54 Å². The van der Waals surface area contributed by atoms with Gasteiger partial charge >= 0.3 is 0 Å². The highest BCUT2D eigenvalue weighted by molar-refractivity contribution is 5.92. The molecule has 1 atom stereocenters. The zero-order chi connectivity index (χ0) is 9.56. The fourth-order valence-corrected chi connectivity index (χ4v) is 0.792. The van der Waals surface area contributed by atoms with Crippen molar-refractivity contribution < 1.29 is 4.79 Å². The Balaban J connectivity index is 3.80. The maximum Gasteiger partial charge on any atom is 0.246 e. The molecule has 70 valence electrons. The van der Waals surface area contributed by atoms with Crippen LogP contribution >= 0.6 is 0 Å². The Morgan fingerprint density at radius 1 is 1.67 bits per heavy atom. The van der Waals surface area contributed by atoms with Crippen LogP contribution in [-0.4, -0.2) is 18.5 Å². The lowest BCUT2D eigenvalue weighted by molar-refractivity contribution is -0.117. The minimum atomic E-state index is -0.0193. The molecule has 3 N–H and O–H groups in total. The molecule has 0 aliphatic heterocycles. The van der Waals surface area contributed by atoms with Crippen molar-refractivity contribution in [1.29, 1.82) is 0 Å². The first-order valence-electron chi connectivity index (χ1n) is 4.28. The van der Waals surface area contributed by atoms with Crippen molar-refractivity contribution in [3.8, 4) is 0 Å². The van der Waals surface area contributed by atoms with Gasteiger partial charge in [-0.3, -0.25) is 4.79 Å². The molecule has 0 fully saturated rings. The van der Waals surface area contributed by atoms with Crippen molar-refractivity contribution >= 4 is 5.91 Å². The second kappa shape index (κ2) is 5.77. The summed E-state index contributed by atoms with van der Waals surface area (Å²) in [5.41, 5.74) is 6.24. The third-order valence-corrected chi connectivity index (χ3v) is 1.45. The number of rotatable bonds is 4. The molecule has 1 unspecified atom stereocenters. The zero-order valence-electron chi connectivity index (χ0n) is 8.05. The molecule has 0 rings (SSSR count). The van der Waals surface area contributed by atoms with Crippen LogP contribution in [0.2, 0.25) is 0 Å². The van der Waals surface area contributed by atoms with E-state index in [1.165, 1.54) is 0 Å². The second-order valence-electron chi connectivity index (χ2n) is 2.98. The third-order valence-electron chi connectivity index (χ3n) is 1.45. The average molecular weight is 170 g/mol. The maximum atomic E-state index is 11.2. The predicted octanol–water partition coefficient (Wildman–Crippen LogP) is 0.806. The lowest BCUT2D eigenvalue weighted by Crippen LogP contribution is -2.35. The number of hydrogen-bond donors (Lipinski definition) is 2. The lowest BCUT2D eigenvalue weighted by atomic mass is 10.2. The van der Waals surface area contributed by atoms with Gasteiger partial charge in [-0.1, -0.05) is 13.0 Å². The molecule has 3 nitrogen and oxygen atoms in total. The number of nitrogens with two attached hydrogens (primary N) is 1. The largest absolute Gasteiger partial charge is 0.351 e. The van der Waals surface area contributed by atoms with Gasteiger partial charge in [0.25, 0.3) is 0 Å². The maximum absolute atomic E-state index is 11.2. The highest BCUT2D eigenvalue weighted by Crippen LogP contribution is 1.94. The summed E-state index contributed by atoms with van der Waals surface area (Å²) >= 11 is 0. The molecule has 12 heavy (non-hydrogen) atoms. The fourth-order valence-electron chi connectivity index (χ4n) is 0.792. The van der Waals surface area contributed by atoms with E-state index in [2.05, 4.69) is 5.32 Å². The minimum Gasteiger partial charge on any atom is -0.351 e. The van der Waals surface area contributed by atoms with Gasteiger partial charge < -0.3 is 11.1 Å². The van der Waals surface area contributed by atoms with Crippen LogP contribution in [0, 0.1) is 0 Å². The van der Waals surface area contributed by atoms with E-state index in [1.807, 2.05) is 19.9 Å². The van der Waals surface area contributed by atoms with Gasteiger partial charge in [0.1, 0.15) is 0 Å². The monoisotopic (exact) mass is 170 g/mol. The van der Waals surface area contributed by atoms with E-state index in [0.717, 1.165) is 12.0 Å². The predicted molar refractivity (Wildman–Crippen MR) is 50.7 cm³/mol. The van der Waals surface area contributed by atoms with E-state index in [0.29, 0.717) is 6.54 Å². The van der Waals surface area contributed by atoms with Crippen LogP contribution in [0.3, 0.4) is 0 Å². The summed E-state index contributed by atoms with van der Waals surface area (Å²) in [6, 6.07) is 0.0170. The molecule has 0 aliphatic carbocycles. The Bertz CT molecular complexity index is 173. The Morgan fingerprint density at radius 3 is 2.67 bits per heavy atom. The SMILES string of the molecule is CCC=C(C)C(=O)NCC(C)N. The summed E-state index contributed by atoms with van der Waals surface area (Å²) < 4.78 is 0. The summed E-state index contributed by atoms with van der Waals surface area (Å²) in [5.74, 6) is -0.0193. The first kappa shape index (κ1) is 11.2. The lowest BCUT2D eigenvalue weighted by Gasteiger charge is -2.07. The number of hydrogen-bond acceptors (Lipinski definition) is 2. The molecule has 0 heterocycles. The first-order valence-corrected chi connectivity index (χ1v) is 4.28. The van der Waals surface area contributed by atoms with E-state index in [-0.39, 0.29) is 11.9 Å². The number of allylic oxidation sites excluding steroid dienone is 1. The Morgan fingerprint density at radius 2 is 2.25 bits per heavy atom. The van der Waals surface area contributed by atoms with E-state index < -0.39 is 0 Å². The van der Waals surface area contributed by atoms with Crippen molar-refractivity contribution in [2.45, 2.75) is 33.2 Å². The summed E-state index contributed by atoms with van der Waals surface area (Å²) in [5, 5.41) is 2.73. The van der Waals surface area contributed by atoms with Crippen molar-refractivity contribution in [3.63, 3.8) is 0 Å². The van der Waals surface area contributed by atoms with Crippen LogP contribution in [0.15, 0.2) is 11.6 Å². The molecular weight excluding hydrogens is 152 g/mol. The van der Waals surface area contributed by atoms with E-state index in [1.54, 1.807) is 6.92 Å². The summed E-state index contributed by atoms with van der Waals surface area (Å²) in [6.07, 6.45) is 2.79. The fraction of sp³-hybridized carbons (Fsp3) is 0.667. The zero-order valence-corrected chi connectivity index (χ0v) is 8.05. The van der Waals surface area contributed by atoms with Gasteiger partial charge in [-0.05, 0) is 20.3 Å². The Labute approximate surface area is 74.0 Å². The van der Waals surface area contributed by atoms with Crippen molar-refractivity contribution in [2.24, 2.45) is 5.73 Å². The summed E-state index contributed by atoms with van der Waals surface area (Å²) in [4.78, 5) is 11.2. The van der Waals surface area contributed by atoms with Crippen LogP contribution in [0.1, 0.15) is 27.2 Å². The van der Waals surface area contributed by atoms with Gasteiger partial charge in [-0.25, -0.2) is 0 Å². The minimum absolute atomic E-state index is 0.0170. The summed E-state index contributed by atoms with van der Waals surface area (Å²) in [6.45, 7) is 6.20. The Kier molecular flexibility index (Phi) is 5.37. The van der Waals surface area contributed by atoms with E-state index in [4.69, 9.17) is 5.73 Å². The van der Waals surface area contributed by atoms with Crippen LogP contribution in [0.4, 0.5) is 0 Å². The third kappa shape index (κ3) is 4.91. The molecule has 0 radical (unpaired) electrons. The first-order chi connectivity index (χ1) is 5.57. The molecule has 0 saturated heterocycles. The van der Waals surface area contributed by atoms with Gasteiger partial charge in [-0.2, -0.15) is 0 Å². The molecule has 0 saturated carbocycles. The smallest absolute Gasteiger partial charge is 0.246 e. The normalized spacial score (nSPS) is 14.2. The highest BCUT2D eigenvalue weighted by atomic mass is 16.1. The van der Waals surface area contributed by atoms with Crippen LogP contribution < -0.4 is 11.1 Å². The summed E-state index contributed by atoms with van der Waals surface area (Å²) in [7, 11) is 0. The van der Waals surface area contributed by atoms with Crippen LogP contribution in [0.5, 0.6) is 0 Å². The van der Waals surface area contributed by atoms with Gasteiger partial charge in [0.05, 0.1) is 0 Å². The van der Waals surface area contributed by atoms with Gasteiger partial charge in [0.15, 0.2) is 0 Å². The molecule has 0 aromatic heterocycles. The molecule has 3 heteroatoms. The number of nitrogens with one attached hydrogen (secondary N) is 1. The molecule has 0 spiro atoms. The number of carbonyl (C=O) groups excluding carboxylic acids is 1. The molecule has 0 bridgehead atoms. The van der Waals surface area contributed by atoms with Gasteiger partial charge in [0.2, 0.25) is 5.91 Å². The van der Waals surface area contributed by atoms with Crippen LogP contribution in [-0.2, 0) is 4.79 Å². The van der Waals surface area contributed by atoms with Crippen molar-refractivity contribution in [1.82, 2.24) is 5.32 Å². The molecule has 1 amide bonds. The van der Waals surface area contributed by atoms with Gasteiger partial charge in [0, 0.05) is 18.2 Å². The number of carbonyl (C=O) groups is 1. The van der Waals surface area contributed by atoms with E-state index in [9.17, 15) is 4.79 Å². The molecule has 0 aliphatic rings. The molecular formula is C9H18N2O. The van der Waals surface area contributed by atoms with E-state index >= 15 is 0 Å². The highest BCUT2D eigenvalue weighted by Gasteiger charge is 2.02. The van der Waals surface area contributed by atoms with Gasteiger partial charge in [-0.15, -0.1) is 0 Å². The Hall–Kier alpha value is -0.830. The number of amides is 1. The average Bonchev–Trinajstić information content (AvgIpc) is 2.00. The quantitative estimate of drug-likeness (QED) is 0.613. The van der Waals surface area contributed by atoms with Crippen molar-refractivity contribution in [3.05, 3.63) is 11.6 Å². The standard InChI is InChI=1S/C9H18N2O/c1-4-5-7(2)9(12)11-6-8(3)10/h5,8H,4,6,10H2,1-3H3,(H,11,12). The topological polar surface area (TPSA) is 55.1 Å². The molecule has 0 aromatic carbocycles. The second-order valence-corrected chi connectivity index (χ2v) is 2.98. The molecule has 0 aromatic rings. The van der Waals surface area contributed by atoms with Crippen LogP contribution in [0.25, 0.3) is 0 Å².